The van der Waals surface area contributed by atoms with Gasteiger partial charge in [0.15, 0.2) is 0 Å². The van der Waals surface area contributed by atoms with E-state index in [2.05, 4.69) is 10.5 Å². The number of carbonyl (C=O) groups excluding carboxylic acids is 1. The Bertz CT molecular complexity index is 619. The summed E-state index contributed by atoms with van der Waals surface area (Å²) >= 11 is 0. The number of hydrogen-bond acceptors (Lipinski definition) is 3. The topological polar surface area (TPSA) is 50.7 Å². The minimum absolute atomic E-state index is 0.183. The van der Waals surface area contributed by atoms with Crippen molar-refractivity contribution < 1.29 is 9.53 Å². The molecule has 1 amide bonds. The van der Waals surface area contributed by atoms with Crippen molar-refractivity contribution in [2.75, 3.05) is 0 Å². The fourth-order valence-electron chi connectivity index (χ4n) is 1.76. The van der Waals surface area contributed by atoms with Gasteiger partial charge >= 0.3 is 0 Å². The summed E-state index contributed by atoms with van der Waals surface area (Å²) in [7, 11) is 0. The Morgan fingerprint density at radius 1 is 1.05 bits per heavy atom. The standard InChI is InChI=1S/C17H18N2O2/c1-13(18-19-14(2)20)16-8-10-17(11-9-16)21-12-15-6-4-3-5-7-15/h3-11H,12H2,1-2H3,(H,19,20)/b18-13-. The van der Waals surface area contributed by atoms with E-state index in [1.807, 2.05) is 61.5 Å². The molecule has 0 atom stereocenters. The number of nitrogens with zero attached hydrogens (tertiary/aromatic N) is 1. The average Bonchev–Trinajstić information content (AvgIpc) is 2.52. The van der Waals surface area contributed by atoms with E-state index < -0.39 is 0 Å². The molecule has 0 radical (unpaired) electrons. The van der Waals surface area contributed by atoms with Crippen molar-refractivity contribution in [3.63, 3.8) is 0 Å². The maximum absolute atomic E-state index is 10.8. The lowest BCUT2D eigenvalue weighted by molar-refractivity contribution is -0.118. The van der Waals surface area contributed by atoms with Crippen LogP contribution >= 0.6 is 0 Å². The number of hydrogen-bond donors (Lipinski definition) is 1. The predicted molar refractivity (Wildman–Crippen MR) is 83.2 cm³/mol. The molecule has 2 aromatic rings. The number of rotatable bonds is 5. The normalized spacial score (nSPS) is 11.0. The van der Waals surface area contributed by atoms with Gasteiger partial charge in [-0.25, -0.2) is 5.43 Å². The van der Waals surface area contributed by atoms with Gasteiger partial charge in [-0.05, 0) is 42.3 Å². The van der Waals surface area contributed by atoms with Crippen molar-refractivity contribution in [1.29, 1.82) is 0 Å². The van der Waals surface area contributed by atoms with Gasteiger partial charge in [0.1, 0.15) is 12.4 Å². The second-order valence-electron chi connectivity index (χ2n) is 4.66. The van der Waals surface area contributed by atoms with Gasteiger partial charge in [0.05, 0.1) is 5.71 Å². The van der Waals surface area contributed by atoms with Crippen LogP contribution in [-0.2, 0) is 11.4 Å². The molecule has 2 rings (SSSR count). The maximum Gasteiger partial charge on any atom is 0.236 e. The van der Waals surface area contributed by atoms with E-state index in [0.717, 1.165) is 22.6 Å². The lowest BCUT2D eigenvalue weighted by atomic mass is 10.1. The number of carbonyl (C=O) groups is 1. The largest absolute Gasteiger partial charge is 0.489 e. The summed E-state index contributed by atoms with van der Waals surface area (Å²) in [6, 6.07) is 17.6. The van der Waals surface area contributed by atoms with Gasteiger partial charge < -0.3 is 4.74 Å². The van der Waals surface area contributed by atoms with Crippen LogP contribution in [0.5, 0.6) is 5.75 Å². The van der Waals surface area contributed by atoms with E-state index >= 15 is 0 Å². The molecule has 21 heavy (non-hydrogen) atoms. The molecule has 0 fully saturated rings. The van der Waals surface area contributed by atoms with Crippen molar-refractivity contribution in [3.05, 3.63) is 65.7 Å². The molecule has 4 nitrogen and oxygen atoms in total. The second kappa shape index (κ2) is 7.24. The SMILES string of the molecule is CC(=O)N/N=C(/C)c1ccc(OCc2ccccc2)cc1. The van der Waals surface area contributed by atoms with Crippen LogP contribution in [0, 0.1) is 0 Å². The zero-order chi connectivity index (χ0) is 15.1. The smallest absolute Gasteiger partial charge is 0.236 e. The Morgan fingerprint density at radius 2 is 1.71 bits per heavy atom. The van der Waals surface area contributed by atoms with Crippen LogP contribution in [0.3, 0.4) is 0 Å². The lowest BCUT2D eigenvalue weighted by Crippen LogP contribution is -2.14. The molecule has 0 bridgehead atoms. The van der Waals surface area contributed by atoms with E-state index in [1.54, 1.807) is 0 Å². The first-order valence-electron chi connectivity index (χ1n) is 6.73. The van der Waals surface area contributed by atoms with Crippen molar-refractivity contribution in [1.82, 2.24) is 5.43 Å². The van der Waals surface area contributed by atoms with E-state index in [4.69, 9.17) is 4.74 Å². The number of nitrogens with one attached hydrogen (secondary N) is 1. The number of benzene rings is 2. The summed E-state index contributed by atoms with van der Waals surface area (Å²) in [5.74, 6) is 0.618. The molecule has 0 spiro atoms. The Balaban J connectivity index is 1.96. The van der Waals surface area contributed by atoms with Gasteiger partial charge in [0.2, 0.25) is 5.91 Å². The molecular weight excluding hydrogens is 264 g/mol. The molecule has 0 heterocycles. The summed E-state index contributed by atoms with van der Waals surface area (Å²) in [6.45, 7) is 3.81. The quantitative estimate of drug-likeness (QED) is 0.676. The molecular formula is C17H18N2O2. The third-order valence-corrected chi connectivity index (χ3v) is 2.90. The van der Waals surface area contributed by atoms with E-state index in [-0.39, 0.29) is 5.91 Å². The highest BCUT2D eigenvalue weighted by atomic mass is 16.5. The third kappa shape index (κ3) is 4.76. The molecule has 0 saturated heterocycles. The van der Waals surface area contributed by atoms with Crippen LogP contribution in [0.25, 0.3) is 0 Å². The van der Waals surface area contributed by atoms with Crippen molar-refractivity contribution >= 4 is 11.6 Å². The fraction of sp³-hybridized carbons (Fsp3) is 0.176. The second-order valence-corrected chi connectivity index (χ2v) is 4.66. The van der Waals surface area contributed by atoms with Crippen LogP contribution < -0.4 is 10.2 Å². The minimum Gasteiger partial charge on any atom is -0.489 e. The van der Waals surface area contributed by atoms with Crippen molar-refractivity contribution in [3.8, 4) is 5.75 Å². The number of ether oxygens (including phenoxy) is 1. The zero-order valence-corrected chi connectivity index (χ0v) is 12.2. The first-order chi connectivity index (χ1) is 10.1. The van der Waals surface area contributed by atoms with Crippen LogP contribution in [0.2, 0.25) is 0 Å². The van der Waals surface area contributed by atoms with Gasteiger partial charge in [-0.3, -0.25) is 4.79 Å². The van der Waals surface area contributed by atoms with E-state index in [1.165, 1.54) is 6.92 Å². The first-order valence-corrected chi connectivity index (χ1v) is 6.73. The molecule has 0 aliphatic rings. The summed E-state index contributed by atoms with van der Waals surface area (Å²) < 4.78 is 5.72. The first kappa shape index (κ1) is 14.8. The van der Waals surface area contributed by atoms with Crippen LogP contribution in [0.1, 0.15) is 25.0 Å². The molecule has 0 aliphatic heterocycles. The molecule has 0 unspecified atom stereocenters. The Morgan fingerprint density at radius 3 is 2.33 bits per heavy atom. The molecule has 4 heteroatoms. The van der Waals surface area contributed by atoms with Gasteiger partial charge in [-0.2, -0.15) is 5.10 Å². The van der Waals surface area contributed by atoms with Crippen LogP contribution in [0.4, 0.5) is 0 Å². The average molecular weight is 282 g/mol. The molecule has 0 aliphatic carbocycles. The third-order valence-electron chi connectivity index (χ3n) is 2.90. The van der Waals surface area contributed by atoms with E-state index in [0.29, 0.717) is 6.61 Å². The summed E-state index contributed by atoms with van der Waals surface area (Å²) in [6.07, 6.45) is 0. The molecule has 0 aromatic heterocycles. The number of hydrazone groups is 1. The Kier molecular flexibility index (Phi) is 5.10. The van der Waals surface area contributed by atoms with Gasteiger partial charge in [0.25, 0.3) is 0 Å². The van der Waals surface area contributed by atoms with Gasteiger partial charge in [0, 0.05) is 6.92 Å². The predicted octanol–water partition coefficient (Wildman–Crippen LogP) is 3.13. The highest BCUT2D eigenvalue weighted by Gasteiger charge is 2.00. The minimum atomic E-state index is -0.183. The zero-order valence-electron chi connectivity index (χ0n) is 12.2. The maximum atomic E-state index is 10.8. The monoisotopic (exact) mass is 282 g/mol. The molecule has 1 N–H and O–H groups in total. The summed E-state index contributed by atoms with van der Waals surface area (Å²) in [4.78, 5) is 10.8. The van der Waals surface area contributed by atoms with E-state index in [9.17, 15) is 4.79 Å². The summed E-state index contributed by atoms with van der Waals surface area (Å²) in [5.41, 5.74) is 5.24. The molecule has 108 valence electrons. The van der Waals surface area contributed by atoms with Crippen molar-refractivity contribution in [2.45, 2.75) is 20.5 Å². The summed E-state index contributed by atoms with van der Waals surface area (Å²) in [5, 5.41) is 3.99. The van der Waals surface area contributed by atoms with Gasteiger partial charge in [-0.1, -0.05) is 30.3 Å². The van der Waals surface area contributed by atoms with Crippen LogP contribution in [-0.4, -0.2) is 11.6 Å². The molecule has 2 aromatic carbocycles. The van der Waals surface area contributed by atoms with Crippen LogP contribution in [0.15, 0.2) is 59.7 Å². The fourth-order valence-corrected chi connectivity index (χ4v) is 1.76. The molecule has 0 saturated carbocycles. The highest BCUT2D eigenvalue weighted by Crippen LogP contribution is 2.14. The Labute approximate surface area is 124 Å². The lowest BCUT2D eigenvalue weighted by Gasteiger charge is -2.07. The van der Waals surface area contributed by atoms with Gasteiger partial charge in [-0.15, -0.1) is 0 Å². The number of amides is 1. The van der Waals surface area contributed by atoms with Crippen molar-refractivity contribution in [2.24, 2.45) is 5.10 Å². The highest BCUT2D eigenvalue weighted by molar-refractivity contribution is 5.99. The Hall–Kier alpha value is -2.62.